The molecule has 0 spiro atoms. The quantitative estimate of drug-likeness (QED) is 0.549. The molecule has 0 saturated heterocycles. The summed E-state index contributed by atoms with van der Waals surface area (Å²) in [5, 5.41) is 9.28. The van der Waals surface area contributed by atoms with Crippen molar-refractivity contribution in [1.82, 2.24) is 0 Å². The summed E-state index contributed by atoms with van der Waals surface area (Å²) in [6, 6.07) is 0. The molecule has 1 heteroatoms. The van der Waals surface area contributed by atoms with Crippen molar-refractivity contribution in [2.24, 2.45) is 0 Å². The van der Waals surface area contributed by atoms with E-state index in [4.69, 9.17) is 6.42 Å². The molecule has 0 bridgehead atoms. The zero-order valence-electron chi connectivity index (χ0n) is 6.06. The Morgan fingerprint density at radius 1 is 1.40 bits per heavy atom. The summed E-state index contributed by atoms with van der Waals surface area (Å²) in [5.41, 5.74) is 1.08. The van der Waals surface area contributed by atoms with Crippen LogP contribution in [0.15, 0.2) is 11.3 Å². The first kappa shape index (κ1) is 7.21. The van der Waals surface area contributed by atoms with Gasteiger partial charge in [0.25, 0.3) is 0 Å². The average molecular weight is 136 g/mol. The summed E-state index contributed by atoms with van der Waals surface area (Å²) in [6.07, 6.45) is 9.88. The molecule has 1 N–H and O–H groups in total. The van der Waals surface area contributed by atoms with Crippen molar-refractivity contribution >= 4 is 0 Å². The normalized spacial score (nSPS) is 18.7. The van der Waals surface area contributed by atoms with Crippen LogP contribution in [0.4, 0.5) is 0 Å². The van der Waals surface area contributed by atoms with E-state index in [2.05, 4.69) is 5.92 Å². The molecule has 10 heavy (non-hydrogen) atoms. The van der Waals surface area contributed by atoms with E-state index >= 15 is 0 Å². The predicted octanol–water partition coefficient (Wildman–Crippen LogP) is 2.40. The van der Waals surface area contributed by atoms with Gasteiger partial charge in [0.15, 0.2) is 0 Å². The topological polar surface area (TPSA) is 20.2 Å². The lowest BCUT2D eigenvalue weighted by molar-refractivity contribution is 0.357. The Morgan fingerprint density at radius 2 is 2.10 bits per heavy atom. The maximum Gasteiger partial charge on any atom is 0.0924 e. The molecule has 0 radical (unpaired) electrons. The first-order valence-electron chi connectivity index (χ1n) is 3.68. The molecule has 0 unspecified atom stereocenters. The van der Waals surface area contributed by atoms with Crippen molar-refractivity contribution in [3.05, 3.63) is 11.3 Å². The second kappa shape index (κ2) is 3.31. The number of allylic oxidation sites excluding steroid dienone is 2. The van der Waals surface area contributed by atoms with Crippen LogP contribution in [0, 0.1) is 12.3 Å². The van der Waals surface area contributed by atoms with Gasteiger partial charge in [-0.15, -0.1) is 12.3 Å². The van der Waals surface area contributed by atoms with Gasteiger partial charge in [-0.2, -0.15) is 0 Å². The monoisotopic (exact) mass is 136 g/mol. The Morgan fingerprint density at radius 3 is 2.70 bits per heavy atom. The summed E-state index contributed by atoms with van der Waals surface area (Å²) >= 11 is 0. The minimum atomic E-state index is 0.546. The van der Waals surface area contributed by atoms with E-state index in [1.54, 1.807) is 0 Å². The number of aliphatic hydroxyl groups is 1. The molecule has 0 heterocycles. The van der Waals surface area contributed by atoms with Crippen molar-refractivity contribution in [2.75, 3.05) is 0 Å². The van der Waals surface area contributed by atoms with E-state index in [1.165, 1.54) is 6.42 Å². The Labute approximate surface area is 61.8 Å². The summed E-state index contributed by atoms with van der Waals surface area (Å²) in [7, 11) is 0. The lowest BCUT2D eigenvalue weighted by Crippen LogP contribution is -1.98. The van der Waals surface area contributed by atoms with E-state index < -0.39 is 0 Å². The summed E-state index contributed by atoms with van der Waals surface area (Å²) in [4.78, 5) is 0. The maximum atomic E-state index is 9.28. The zero-order chi connectivity index (χ0) is 7.40. The lowest BCUT2D eigenvalue weighted by atomic mass is 9.96. The summed E-state index contributed by atoms with van der Waals surface area (Å²) in [6.45, 7) is 0. The molecule has 0 fully saturated rings. The molecule has 0 amide bonds. The van der Waals surface area contributed by atoms with Crippen LogP contribution in [0.3, 0.4) is 0 Å². The van der Waals surface area contributed by atoms with Gasteiger partial charge in [-0.3, -0.25) is 0 Å². The molecular formula is C9H12O. The summed E-state index contributed by atoms with van der Waals surface area (Å²) < 4.78 is 0. The van der Waals surface area contributed by atoms with E-state index in [1.807, 2.05) is 0 Å². The molecule has 1 aliphatic rings. The van der Waals surface area contributed by atoms with Crippen molar-refractivity contribution < 1.29 is 5.11 Å². The van der Waals surface area contributed by atoms with E-state index in [9.17, 15) is 5.11 Å². The predicted molar refractivity (Wildman–Crippen MR) is 41.6 cm³/mol. The fraction of sp³-hybridized carbons (Fsp3) is 0.556. The van der Waals surface area contributed by atoms with Crippen LogP contribution >= 0.6 is 0 Å². The molecule has 0 aromatic carbocycles. The highest BCUT2D eigenvalue weighted by atomic mass is 16.3. The van der Waals surface area contributed by atoms with Crippen LogP contribution in [-0.2, 0) is 0 Å². The highest BCUT2D eigenvalue weighted by Crippen LogP contribution is 2.24. The second-order valence-corrected chi connectivity index (χ2v) is 2.64. The Hall–Kier alpha value is -0.900. The molecule has 0 atom stereocenters. The molecule has 1 rings (SSSR count). The first-order valence-corrected chi connectivity index (χ1v) is 3.68. The van der Waals surface area contributed by atoms with Crippen LogP contribution in [0.25, 0.3) is 0 Å². The van der Waals surface area contributed by atoms with Gasteiger partial charge in [0.1, 0.15) is 0 Å². The average Bonchev–Trinajstić information content (AvgIpc) is 1.94. The maximum absolute atomic E-state index is 9.28. The highest BCUT2D eigenvalue weighted by molar-refractivity contribution is 5.16. The Balaban J connectivity index is 2.61. The van der Waals surface area contributed by atoms with Crippen molar-refractivity contribution in [1.29, 1.82) is 0 Å². The van der Waals surface area contributed by atoms with Crippen LogP contribution in [0.1, 0.15) is 32.1 Å². The third kappa shape index (κ3) is 1.54. The largest absolute Gasteiger partial charge is 0.512 e. The van der Waals surface area contributed by atoms with Crippen molar-refractivity contribution in [3.8, 4) is 12.3 Å². The molecule has 1 nitrogen and oxygen atoms in total. The molecule has 0 aliphatic heterocycles. The lowest BCUT2D eigenvalue weighted by Gasteiger charge is -2.13. The van der Waals surface area contributed by atoms with Gasteiger partial charge in [0, 0.05) is 12.8 Å². The van der Waals surface area contributed by atoms with Gasteiger partial charge >= 0.3 is 0 Å². The smallest absolute Gasteiger partial charge is 0.0924 e. The minimum Gasteiger partial charge on any atom is -0.512 e. The van der Waals surface area contributed by atoms with Crippen LogP contribution in [0.5, 0.6) is 0 Å². The van der Waals surface area contributed by atoms with Crippen molar-refractivity contribution in [2.45, 2.75) is 32.1 Å². The van der Waals surface area contributed by atoms with E-state index in [0.717, 1.165) is 24.8 Å². The number of terminal acetylenes is 1. The zero-order valence-corrected chi connectivity index (χ0v) is 6.06. The molecule has 0 aromatic heterocycles. The molecule has 1 aliphatic carbocycles. The fourth-order valence-corrected chi connectivity index (χ4v) is 1.27. The number of hydrogen-bond acceptors (Lipinski definition) is 1. The third-order valence-electron chi connectivity index (χ3n) is 1.87. The second-order valence-electron chi connectivity index (χ2n) is 2.64. The van der Waals surface area contributed by atoms with Gasteiger partial charge in [-0.1, -0.05) is 0 Å². The molecule has 54 valence electrons. The van der Waals surface area contributed by atoms with E-state index in [0.29, 0.717) is 12.2 Å². The van der Waals surface area contributed by atoms with Crippen LogP contribution < -0.4 is 0 Å². The Kier molecular flexibility index (Phi) is 2.39. The van der Waals surface area contributed by atoms with E-state index in [-0.39, 0.29) is 0 Å². The number of hydrogen-bond donors (Lipinski definition) is 1. The van der Waals surface area contributed by atoms with Crippen LogP contribution in [0.2, 0.25) is 0 Å². The molecule has 0 aromatic rings. The number of rotatable bonds is 1. The van der Waals surface area contributed by atoms with Crippen LogP contribution in [-0.4, -0.2) is 5.11 Å². The third-order valence-corrected chi connectivity index (χ3v) is 1.87. The minimum absolute atomic E-state index is 0.546. The van der Waals surface area contributed by atoms with Gasteiger partial charge in [-0.25, -0.2) is 0 Å². The Bertz CT molecular complexity index is 183. The molecular weight excluding hydrogens is 124 g/mol. The molecule has 0 saturated carbocycles. The van der Waals surface area contributed by atoms with Gasteiger partial charge in [-0.05, 0) is 24.8 Å². The van der Waals surface area contributed by atoms with Gasteiger partial charge in [0.05, 0.1) is 5.76 Å². The van der Waals surface area contributed by atoms with Gasteiger partial charge < -0.3 is 5.11 Å². The van der Waals surface area contributed by atoms with Crippen molar-refractivity contribution in [3.63, 3.8) is 0 Å². The fourth-order valence-electron chi connectivity index (χ4n) is 1.27. The number of aliphatic hydroxyl groups excluding tert-OH is 1. The van der Waals surface area contributed by atoms with Gasteiger partial charge in [0.2, 0.25) is 0 Å². The standard InChI is InChI=1S/C9H12O/c1-2-5-8-6-3-4-7-9(8)10/h1,10H,3-7H2. The SMILES string of the molecule is C#CCC1=C(O)CCCC1. The highest BCUT2D eigenvalue weighted by Gasteiger charge is 2.09. The first-order chi connectivity index (χ1) is 4.84. The summed E-state index contributed by atoms with van der Waals surface area (Å²) in [5.74, 6) is 3.10.